The second kappa shape index (κ2) is 9.42. The van der Waals surface area contributed by atoms with Crippen LogP contribution < -0.4 is 18.9 Å². The van der Waals surface area contributed by atoms with E-state index in [1.807, 2.05) is 48.5 Å². The number of benzene rings is 3. The molecular formula is C27H24N2O6. The van der Waals surface area contributed by atoms with Gasteiger partial charge >= 0.3 is 5.97 Å². The maximum Gasteiger partial charge on any atom is 0.311 e. The van der Waals surface area contributed by atoms with E-state index in [2.05, 4.69) is 0 Å². The first kappa shape index (κ1) is 22.3. The number of hydrogen-bond donors (Lipinski definition) is 1. The average Bonchev–Trinajstić information content (AvgIpc) is 3.54. The summed E-state index contributed by atoms with van der Waals surface area (Å²) in [5.74, 6) is 0.976. The Morgan fingerprint density at radius 3 is 2.49 bits per heavy atom. The molecule has 5 rings (SSSR count). The van der Waals surface area contributed by atoms with Crippen molar-refractivity contribution in [3.8, 4) is 39.9 Å². The minimum absolute atomic E-state index is 0.183. The van der Waals surface area contributed by atoms with Gasteiger partial charge in [0.15, 0.2) is 11.5 Å². The van der Waals surface area contributed by atoms with E-state index in [-0.39, 0.29) is 13.2 Å². The maximum absolute atomic E-state index is 12.2. The van der Waals surface area contributed by atoms with Gasteiger partial charge in [0.25, 0.3) is 0 Å². The van der Waals surface area contributed by atoms with E-state index in [1.165, 1.54) is 0 Å². The third-order valence-corrected chi connectivity index (χ3v) is 5.95. The lowest BCUT2D eigenvalue weighted by atomic mass is 9.94. The van der Waals surface area contributed by atoms with Gasteiger partial charge in [0.05, 0.1) is 37.2 Å². The third kappa shape index (κ3) is 4.50. The van der Waals surface area contributed by atoms with E-state index in [9.17, 15) is 9.90 Å². The molecule has 1 aromatic heterocycles. The van der Waals surface area contributed by atoms with E-state index in [1.54, 1.807) is 43.2 Å². The summed E-state index contributed by atoms with van der Waals surface area (Å²) in [6.07, 6.45) is 0.212. The van der Waals surface area contributed by atoms with Crippen LogP contribution in [0.5, 0.6) is 23.0 Å². The van der Waals surface area contributed by atoms with E-state index in [0.717, 1.165) is 22.7 Å². The summed E-state index contributed by atoms with van der Waals surface area (Å²) in [5.41, 5.74) is 3.79. The van der Waals surface area contributed by atoms with Crippen LogP contribution in [-0.2, 0) is 11.2 Å². The van der Waals surface area contributed by atoms with Crippen LogP contribution in [0, 0.1) is 0 Å². The normalized spacial score (nSPS) is 12.9. The Bertz CT molecular complexity index is 1360. The third-order valence-electron chi connectivity index (χ3n) is 5.95. The van der Waals surface area contributed by atoms with E-state index >= 15 is 0 Å². The number of aliphatic carboxylic acids is 1. The molecule has 1 aliphatic heterocycles. The molecule has 3 aromatic carbocycles. The van der Waals surface area contributed by atoms with Gasteiger partial charge in [-0.15, -0.1) is 0 Å². The fourth-order valence-electron chi connectivity index (χ4n) is 4.13. The van der Waals surface area contributed by atoms with Crippen LogP contribution in [0.3, 0.4) is 0 Å². The Kier molecular flexibility index (Phi) is 6.01. The fraction of sp³-hybridized carbons (Fsp3) is 0.185. The molecule has 0 radical (unpaired) electrons. The van der Waals surface area contributed by atoms with E-state index in [4.69, 9.17) is 24.0 Å². The Balaban J connectivity index is 1.56. The molecule has 178 valence electrons. The first-order valence-electron chi connectivity index (χ1n) is 11.1. The van der Waals surface area contributed by atoms with Crippen LogP contribution in [-0.4, -0.2) is 41.9 Å². The van der Waals surface area contributed by atoms with Crippen molar-refractivity contribution < 1.29 is 28.8 Å². The van der Waals surface area contributed by atoms with Gasteiger partial charge in [0.1, 0.15) is 11.5 Å². The second-order valence-corrected chi connectivity index (χ2v) is 8.07. The molecule has 0 aliphatic carbocycles. The lowest BCUT2D eigenvalue weighted by Gasteiger charge is -2.12. The molecule has 0 bridgehead atoms. The first-order valence-corrected chi connectivity index (χ1v) is 11.1. The quantitative estimate of drug-likeness (QED) is 0.398. The SMILES string of the molecule is COc1ccc(-n2nc(CC(C(=O)O)c3cccc(OC)c3)cc2-c2ccc3c(c2)OCO3)cc1. The van der Waals surface area contributed by atoms with Crippen molar-refractivity contribution in [2.24, 2.45) is 0 Å². The number of hydrogen-bond acceptors (Lipinski definition) is 6. The average molecular weight is 472 g/mol. The summed E-state index contributed by atoms with van der Waals surface area (Å²) in [6.45, 7) is 0.183. The van der Waals surface area contributed by atoms with Crippen molar-refractivity contribution in [3.63, 3.8) is 0 Å². The largest absolute Gasteiger partial charge is 0.497 e. The lowest BCUT2D eigenvalue weighted by molar-refractivity contribution is -0.138. The molecule has 0 fully saturated rings. The molecule has 0 saturated carbocycles. The van der Waals surface area contributed by atoms with Gasteiger partial charge in [-0.05, 0) is 66.2 Å². The molecule has 1 unspecified atom stereocenters. The lowest BCUT2D eigenvalue weighted by Crippen LogP contribution is -2.15. The number of ether oxygens (including phenoxy) is 4. The predicted octanol–water partition coefficient (Wildman–Crippen LogP) is 4.70. The number of carboxylic acids is 1. The van der Waals surface area contributed by atoms with E-state index < -0.39 is 11.9 Å². The van der Waals surface area contributed by atoms with Gasteiger partial charge in [-0.3, -0.25) is 4.79 Å². The Labute approximate surface area is 202 Å². The zero-order valence-corrected chi connectivity index (χ0v) is 19.3. The number of methoxy groups -OCH3 is 2. The molecule has 0 spiro atoms. The molecule has 8 nitrogen and oxygen atoms in total. The molecule has 4 aromatic rings. The van der Waals surface area contributed by atoms with Crippen molar-refractivity contribution in [3.05, 3.63) is 84.1 Å². The number of carboxylic acid groups (broad SMARTS) is 1. The number of rotatable bonds is 8. The molecule has 0 saturated heterocycles. The van der Waals surface area contributed by atoms with Crippen molar-refractivity contribution in [1.82, 2.24) is 9.78 Å². The summed E-state index contributed by atoms with van der Waals surface area (Å²) in [5, 5.41) is 14.8. The standard InChI is InChI=1S/C27H24N2O6/c1-32-21-9-7-20(8-10-21)29-24(18-6-11-25-26(13-18)35-16-34-25)15-19(28-29)14-23(27(30)31)17-4-3-5-22(12-17)33-2/h3-13,15,23H,14,16H2,1-2H3,(H,30,31). The molecule has 1 aliphatic rings. The zero-order valence-electron chi connectivity index (χ0n) is 19.3. The summed E-state index contributed by atoms with van der Waals surface area (Å²) < 4.78 is 23.4. The highest BCUT2D eigenvalue weighted by atomic mass is 16.7. The van der Waals surface area contributed by atoms with Gasteiger partial charge in [-0.1, -0.05) is 12.1 Å². The zero-order chi connectivity index (χ0) is 24.4. The van der Waals surface area contributed by atoms with E-state index in [0.29, 0.717) is 28.5 Å². The summed E-state index contributed by atoms with van der Waals surface area (Å²) in [4.78, 5) is 12.2. The fourth-order valence-corrected chi connectivity index (χ4v) is 4.13. The topological polar surface area (TPSA) is 92.0 Å². The summed E-state index contributed by atoms with van der Waals surface area (Å²) in [6, 6.07) is 22.3. The first-order chi connectivity index (χ1) is 17.1. The molecule has 1 atom stereocenters. The monoisotopic (exact) mass is 472 g/mol. The summed E-state index contributed by atoms with van der Waals surface area (Å²) >= 11 is 0. The number of carbonyl (C=O) groups is 1. The molecule has 35 heavy (non-hydrogen) atoms. The van der Waals surface area contributed by atoms with Gasteiger partial charge < -0.3 is 24.1 Å². The van der Waals surface area contributed by atoms with Crippen LogP contribution in [0.25, 0.3) is 16.9 Å². The highest BCUT2D eigenvalue weighted by molar-refractivity contribution is 5.77. The molecule has 1 N–H and O–H groups in total. The predicted molar refractivity (Wildman–Crippen MR) is 129 cm³/mol. The number of fused-ring (bicyclic) bond motifs is 1. The van der Waals surface area contributed by atoms with Gasteiger partial charge in [-0.2, -0.15) is 5.10 Å². The van der Waals surface area contributed by atoms with Crippen LogP contribution in [0.2, 0.25) is 0 Å². The second-order valence-electron chi connectivity index (χ2n) is 8.07. The van der Waals surface area contributed by atoms with Crippen molar-refractivity contribution in [1.29, 1.82) is 0 Å². The van der Waals surface area contributed by atoms with Gasteiger partial charge in [0.2, 0.25) is 6.79 Å². The Morgan fingerprint density at radius 2 is 1.74 bits per heavy atom. The van der Waals surface area contributed by atoms with Crippen LogP contribution in [0.15, 0.2) is 72.8 Å². The van der Waals surface area contributed by atoms with Crippen LogP contribution >= 0.6 is 0 Å². The smallest absolute Gasteiger partial charge is 0.311 e. The molecule has 2 heterocycles. The van der Waals surface area contributed by atoms with Crippen LogP contribution in [0.4, 0.5) is 0 Å². The highest BCUT2D eigenvalue weighted by Crippen LogP contribution is 2.37. The molecule has 8 heteroatoms. The molecular weight excluding hydrogens is 448 g/mol. The number of nitrogens with zero attached hydrogens (tertiary/aromatic N) is 2. The maximum atomic E-state index is 12.2. The van der Waals surface area contributed by atoms with Crippen LogP contribution in [0.1, 0.15) is 17.2 Å². The van der Waals surface area contributed by atoms with Crippen molar-refractivity contribution in [2.75, 3.05) is 21.0 Å². The van der Waals surface area contributed by atoms with Crippen molar-refractivity contribution >= 4 is 5.97 Å². The van der Waals surface area contributed by atoms with Gasteiger partial charge in [-0.25, -0.2) is 4.68 Å². The molecule has 0 amide bonds. The Morgan fingerprint density at radius 1 is 0.971 bits per heavy atom. The highest BCUT2D eigenvalue weighted by Gasteiger charge is 2.24. The number of aromatic nitrogens is 2. The van der Waals surface area contributed by atoms with Gasteiger partial charge in [0, 0.05) is 12.0 Å². The summed E-state index contributed by atoms with van der Waals surface area (Å²) in [7, 11) is 3.17. The minimum atomic E-state index is -0.929. The Hall–Kier alpha value is -4.46. The minimum Gasteiger partial charge on any atom is -0.497 e. The van der Waals surface area contributed by atoms with Crippen molar-refractivity contribution in [2.45, 2.75) is 12.3 Å².